The van der Waals surface area contributed by atoms with Gasteiger partial charge in [0.1, 0.15) is 6.54 Å². The highest BCUT2D eigenvalue weighted by atomic mass is 16.4. The fourth-order valence-electron chi connectivity index (χ4n) is 5.52. The van der Waals surface area contributed by atoms with Crippen molar-refractivity contribution in [1.82, 2.24) is 4.90 Å². The highest BCUT2D eigenvalue weighted by Crippen LogP contribution is 2.14. The number of hydrogen-bond donors (Lipinski definition) is 2. The van der Waals surface area contributed by atoms with E-state index in [1.165, 1.54) is 165 Å². The van der Waals surface area contributed by atoms with Crippen LogP contribution < -0.4 is 5.73 Å². The standard InChI is InChI=1S/C21H39NO3.C18H39N/c1-3-4-5-6-7-8-9-10-11-12-13-14-15-16-17-18-20(23)22(2)19-21(24)25;1-2-3-4-5-6-7-8-9-10-11-12-13-14-15-16-17-18-19/h10-11H,3-9,12-19H2,1-2H3,(H,24,25);2-19H2,1H3. The molecular formula is C39H78N2O3. The Morgan fingerprint density at radius 1 is 0.523 bits per heavy atom. The number of carboxylic acids is 1. The van der Waals surface area contributed by atoms with Gasteiger partial charge in [0.15, 0.2) is 0 Å². The second kappa shape index (κ2) is 39.7. The second-order valence-electron chi connectivity index (χ2n) is 13.1. The molecule has 0 fully saturated rings. The predicted octanol–water partition coefficient (Wildman–Crippen LogP) is 11.8. The van der Waals surface area contributed by atoms with Crippen molar-refractivity contribution in [3.8, 4) is 0 Å². The summed E-state index contributed by atoms with van der Waals surface area (Å²) in [6, 6.07) is 0. The summed E-state index contributed by atoms with van der Waals surface area (Å²) in [7, 11) is 1.55. The fraction of sp³-hybridized carbons (Fsp3) is 0.897. The number of allylic oxidation sites excluding steroid dienone is 2. The molecule has 0 saturated heterocycles. The van der Waals surface area contributed by atoms with Crippen molar-refractivity contribution < 1.29 is 14.7 Å². The van der Waals surface area contributed by atoms with Gasteiger partial charge in [-0.25, -0.2) is 0 Å². The second-order valence-corrected chi connectivity index (χ2v) is 13.1. The number of hydrogen-bond acceptors (Lipinski definition) is 3. The van der Waals surface area contributed by atoms with Crippen molar-refractivity contribution in [2.24, 2.45) is 5.73 Å². The van der Waals surface area contributed by atoms with Crippen LogP contribution in [0.1, 0.15) is 206 Å². The molecule has 0 aromatic heterocycles. The van der Waals surface area contributed by atoms with E-state index in [2.05, 4.69) is 26.0 Å². The average Bonchev–Trinajstić information content (AvgIpc) is 3.01. The highest BCUT2D eigenvalue weighted by molar-refractivity contribution is 5.80. The van der Waals surface area contributed by atoms with E-state index < -0.39 is 5.97 Å². The van der Waals surface area contributed by atoms with E-state index in [4.69, 9.17) is 10.8 Å². The largest absolute Gasteiger partial charge is 0.480 e. The van der Waals surface area contributed by atoms with Gasteiger partial charge in [0.25, 0.3) is 0 Å². The van der Waals surface area contributed by atoms with Gasteiger partial charge in [0.2, 0.25) is 5.91 Å². The van der Waals surface area contributed by atoms with E-state index in [1.54, 1.807) is 7.05 Å². The Labute approximate surface area is 275 Å². The van der Waals surface area contributed by atoms with E-state index in [0.717, 1.165) is 32.2 Å². The van der Waals surface area contributed by atoms with Crippen LogP contribution in [0.2, 0.25) is 0 Å². The van der Waals surface area contributed by atoms with Gasteiger partial charge >= 0.3 is 5.97 Å². The lowest BCUT2D eigenvalue weighted by molar-refractivity contribution is -0.143. The van der Waals surface area contributed by atoms with Gasteiger partial charge in [-0.3, -0.25) is 9.59 Å². The Balaban J connectivity index is 0. The first kappa shape index (κ1) is 44.8. The molecule has 0 unspecified atom stereocenters. The molecule has 0 spiro atoms. The Morgan fingerprint density at radius 2 is 0.841 bits per heavy atom. The van der Waals surface area contributed by atoms with Gasteiger partial charge in [-0.2, -0.15) is 0 Å². The third kappa shape index (κ3) is 40.6. The normalized spacial score (nSPS) is 11.1. The summed E-state index contributed by atoms with van der Waals surface area (Å²) >= 11 is 0. The minimum absolute atomic E-state index is 0.0694. The molecule has 0 aliphatic carbocycles. The van der Waals surface area contributed by atoms with Crippen LogP contribution in [-0.2, 0) is 9.59 Å². The van der Waals surface area contributed by atoms with Gasteiger partial charge in [-0.05, 0) is 45.1 Å². The maximum Gasteiger partial charge on any atom is 0.323 e. The van der Waals surface area contributed by atoms with E-state index in [1.807, 2.05) is 0 Å². The molecule has 0 aliphatic rings. The number of unbranched alkanes of at least 4 members (excludes halogenated alkanes) is 26. The maximum absolute atomic E-state index is 11.7. The molecule has 0 aromatic rings. The average molecular weight is 623 g/mol. The van der Waals surface area contributed by atoms with E-state index >= 15 is 0 Å². The fourth-order valence-corrected chi connectivity index (χ4v) is 5.52. The third-order valence-corrected chi connectivity index (χ3v) is 8.51. The maximum atomic E-state index is 11.7. The lowest BCUT2D eigenvalue weighted by Crippen LogP contribution is -2.31. The van der Waals surface area contributed by atoms with Crippen LogP contribution in [0.4, 0.5) is 0 Å². The van der Waals surface area contributed by atoms with Crippen LogP contribution in [0.25, 0.3) is 0 Å². The predicted molar refractivity (Wildman–Crippen MR) is 193 cm³/mol. The van der Waals surface area contributed by atoms with Crippen LogP contribution >= 0.6 is 0 Å². The van der Waals surface area contributed by atoms with Crippen molar-refractivity contribution in [2.45, 2.75) is 206 Å². The van der Waals surface area contributed by atoms with Crippen LogP contribution in [0.15, 0.2) is 12.2 Å². The lowest BCUT2D eigenvalue weighted by atomic mass is 10.0. The zero-order valence-corrected chi connectivity index (χ0v) is 30.1. The molecule has 0 aliphatic heterocycles. The summed E-state index contributed by atoms with van der Waals surface area (Å²) in [5, 5.41) is 8.64. The van der Waals surface area contributed by atoms with Crippen LogP contribution in [-0.4, -0.2) is 42.0 Å². The van der Waals surface area contributed by atoms with E-state index in [0.29, 0.717) is 6.42 Å². The summed E-state index contributed by atoms with van der Waals surface area (Å²) in [5.41, 5.74) is 5.48. The number of nitrogens with two attached hydrogens (primary N) is 1. The van der Waals surface area contributed by atoms with Crippen LogP contribution in [0.5, 0.6) is 0 Å². The molecule has 0 bridgehead atoms. The number of likely N-dealkylation sites (N-methyl/N-ethyl adjacent to an activating group) is 1. The number of carbonyl (C=O) groups excluding carboxylic acids is 1. The summed E-state index contributed by atoms with van der Waals surface area (Å²) in [4.78, 5) is 23.5. The van der Waals surface area contributed by atoms with Gasteiger partial charge in [-0.1, -0.05) is 174 Å². The van der Waals surface area contributed by atoms with Gasteiger partial charge in [0, 0.05) is 13.5 Å². The number of carboxylic acid groups (broad SMARTS) is 1. The van der Waals surface area contributed by atoms with Crippen molar-refractivity contribution in [3.63, 3.8) is 0 Å². The molecule has 0 atom stereocenters. The quantitative estimate of drug-likeness (QED) is 0.0563. The molecule has 5 nitrogen and oxygen atoms in total. The van der Waals surface area contributed by atoms with E-state index in [-0.39, 0.29) is 12.5 Å². The monoisotopic (exact) mass is 623 g/mol. The first-order valence-electron chi connectivity index (χ1n) is 19.3. The molecule has 0 saturated carbocycles. The molecule has 262 valence electrons. The zero-order valence-electron chi connectivity index (χ0n) is 30.1. The number of nitrogens with zero attached hydrogens (tertiary/aromatic N) is 1. The number of amides is 1. The van der Waals surface area contributed by atoms with Crippen molar-refractivity contribution in [2.75, 3.05) is 20.1 Å². The zero-order chi connectivity index (χ0) is 32.8. The molecule has 0 heterocycles. The number of rotatable bonds is 33. The lowest BCUT2D eigenvalue weighted by Gasteiger charge is -2.14. The Kier molecular flexibility index (Phi) is 40.4. The van der Waals surface area contributed by atoms with Crippen LogP contribution in [0.3, 0.4) is 0 Å². The minimum Gasteiger partial charge on any atom is -0.480 e. The summed E-state index contributed by atoms with van der Waals surface area (Å²) in [6.45, 7) is 5.21. The molecule has 1 amide bonds. The SMILES string of the molecule is CCCCCCCCC=CCCCCCCCC(=O)N(C)CC(=O)O.CCCCCCCCCCCCCCCCCCN. The summed E-state index contributed by atoms with van der Waals surface area (Å²) in [5.74, 6) is -1.03. The van der Waals surface area contributed by atoms with E-state index in [9.17, 15) is 9.59 Å². The van der Waals surface area contributed by atoms with Crippen molar-refractivity contribution in [3.05, 3.63) is 12.2 Å². The van der Waals surface area contributed by atoms with Gasteiger partial charge in [0.05, 0.1) is 0 Å². The first-order chi connectivity index (χ1) is 21.5. The molecule has 0 rings (SSSR count). The van der Waals surface area contributed by atoms with Gasteiger partial charge < -0.3 is 15.7 Å². The Morgan fingerprint density at radius 3 is 1.18 bits per heavy atom. The molecule has 44 heavy (non-hydrogen) atoms. The Bertz CT molecular complexity index is 592. The van der Waals surface area contributed by atoms with Crippen molar-refractivity contribution in [1.29, 1.82) is 0 Å². The molecule has 5 heteroatoms. The van der Waals surface area contributed by atoms with Crippen LogP contribution in [0, 0.1) is 0 Å². The Hall–Kier alpha value is -1.36. The number of aliphatic carboxylic acids is 1. The topological polar surface area (TPSA) is 83.6 Å². The molecule has 0 aromatic carbocycles. The smallest absolute Gasteiger partial charge is 0.323 e. The third-order valence-electron chi connectivity index (χ3n) is 8.51. The highest BCUT2D eigenvalue weighted by Gasteiger charge is 2.11. The molecule has 3 N–H and O–H groups in total. The summed E-state index contributed by atoms with van der Waals surface area (Å²) in [6.07, 6.45) is 44.0. The molecular weight excluding hydrogens is 544 g/mol. The van der Waals surface area contributed by atoms with Gasteiger partial charge in [-0.15, -0.1) is 0 Å². The minimum atomic E-state index is -0.958. The molecule has 0 radical (unpaired) electrons. The summed E-state index contributed by atoms with van der Waals surface area (Å²) < 4.78 is 0. The number of carbonyl (C=O) groups is 2. The first-order valence-corrected chi connectivity index (χ1v) is 19.3. The van der Waals surface area contributed by atoms with Crippen molar-refractivity contribution >= 4 is 11.9 Å².